The molecule has 0 bridgehead atoms. The Bertz CT molecular complexity index is 669. The number of aromatic carboxylic acids is 1. The highest BCUT2D eigenvalue weighted by Gasteiger charge is 2.33. The van der Waals surface area contributed by atoms with Crippen LogP contribution < -0.4 is 5.32 Å². The van der Waals surface area contributed by atoms with Crippen molar-refractivity contribution in [3.05, 3.63) is 34.9 Å². The lowest BCUT2D eigenvalue weighted by molar-refractivity contribution is -0.137. The molecular weight excluding hydrogens is 359 g/mol. The van der Waals surface area contributed by atoms with Crippen molar-refractivity contribution >= 4 is 12.1 Å². The molecular formula is C16H20F3NO6. The molecule has 0 spiro atoms. The molecule has 10 heteroatoms. The van der Waals surface area contributed by atoms with Gasteiger partial charge in [0.2, 0.25) is 0 Å². The molecule has 0 aliphatic rings. The summed E-state index contributed by atoms with van der Waals surface area (Å²) >= 11 is 0. The summed E-state index contributed by atoms with van der Waals surface area (Å²) in [6.07, 6.45) is -9.27. The molecule has 1 aromatic rings. The molecule has 0 aliphatic carbocycles. The van der Waals surface area contributed by atoms with Gasteiger partial charge in [-0.2, -0.15) is 13.2 Å². The molecule has 2 unspecified atom stereocenters. The minimum Gasteiger partial charge on any atom is -0.478 e. The lowest BCUT2D eigenvalue weighted by atomic mass is 9.98. The number of ether oxygens (including phenoxy) is 1. The molecule has 1 aromatic carbocycles. The first-order chi connectivity index (χ1) is 11.7. The third-order valence-corrected chi connectivity index (χ3v) is 3.09. The number of carbonyl (C=O) groups excluding carboxylic acids is 1. The Morgan fingerprint density at radius 3 is 2.19 bits per heavy atom. The first-order valence-corrected chi connectivity index (χ1v) is 7.49. The molecule has 0 heterocycles. The van der Waals surface area contributed by atoms with Crippen molar-refractivity contribution in [3.8, 4) is 0 Å². The van der Waals surface area contributed by atoms with E-state index in [1.165, 1.54) is 0 Å². The number of halogens is 3. The van der Waals surface area contributed by atoms with E-state index in [2.05, 4.69) is 5.32 Å². The average molecular weight is 379 g/mol. The van der Waals surface area contributed by atoms with E-state index >= 15 is 0 Å². The zero-order chi connectivity index (χ0) is 20.3. The number of nitrogens with one attached hydrogen (secondary N) is 1. The van der Waals surface area contributed by atoms with Crippen LogP contribution >= 0.6 is 0 Å². The third kappa shape index (κ3) is 6.52. The summed E-state index contributed by atoms with van der Waals surface area (Å²) in [4.78, 5) is 22.5. The highest BCUT2D eigenvalue weighted by Crippen LogP contribution is 2.32. The Balaban J connectivity index is 2.94. The number of carboxylic acids is 1. The first-order valence-electron chi connectivity index (χ1n) is 7.49. The normalized spacial score (nSPS) is 14.5. The van der Waals surface area contributed by atoms with Gasteiger partial charge >= 0.3 is 18.2 Å². The second kappa shape index (κ2) is 7.92. The van der Waals surface area contributed by atoms with Crippen LogP contribution in [0.3, 0.4) is 0 Å². The number of aliphatic hydroxyl groups excluding tert-OH is 2. The molecule has 0 saturated carbocycles. The van der Waals surface area contributed by atoms with Crippen molar-refractivity contribution in [1.29, 1.82) is 0 Å². The Morgan fingerprint density at radius 1 is 1.15 bits per heavy atom. The van der Waals surface area contributed by atoms with Crippen LogP contribution in [-0.4, -0.2) is 45.6 Å². The molecule has 26 heavy (non-hydrogen) atoms. The molecule has 0 aliphatic heterocycles. The van der Waals surface area contributed by atoms with Gasteiger partial charge in [0.1, 0.15) is 17.8 Å². The van der Waals surface area contributed by atoms with E-state index in [1.54, 1.807) is 20.8 Å². The zero-order valence-corrected chi connectivity index (χ0v) is 14.3. The SMILES string of the molecule is CC(C)(C)OC(=O)NCC(O)C(O)c1cc(C(=O)O)cc(C(F)(F)F)c1. The van der Waals surface area contributed by atoms with Gasteiger partial charge in [-0.05, 0) is 44.5 Å². The van der Waals surface area contributed by atoms with E-state index in [0.29, 0.717) is 12.1 Å². The number of alkyl carbamates (subject to hydrolysis) is 1. The minimum absolute atomic E-state index is 0.421. The van der Waals surface area contributed by atoms with Crippen molar-refractivity contribution in [1.82, 2.24) is 5.32 Å². The van der Waals surface area contributed by atoms with Crippen LogP contribution in [0.4, 0.5) is 18.0 Å². The Morgan fingerprint density at radius 2 is 1.73 bits per heavy atom. The zero-order valence-electron chi connectivity index (χ0n) is 14.3. The van der Waals surface area contributed by atoms with Crippen molar-refractivity contribution in [3.63, 3.8) is 0 Å². The average Bonchev–Trinajstić information content (AvgIpc) is 2.48. The van der Waals surface area contributed by atoms with E-state index in [4.69, 9.17) is 9.84 Å². The van der Waals surface area contributed by atoms with E-state index in [1.807, 2.05) is 0 Å². The van der Waals surface area contributed by atoms with Crippen LogP contribution in [0.15, 0.2) is 18.2 Å². The predicted octanol–water partition coefficient (Wildman–Crippen LogP) is 2.32. The van der Waals surface area contributed by atoms with Gasteiger partial charge in [0, 0.05) is 6.54 Å². The summed E-state index contributed by atoms with van der Waals surface area (Å²) in [5.74, 6) is -1.62. The van der Waals surface area contributed by atoms with Crippen molar-refractivity contribution < 1.29 is 42.8 Å². The number of aliphatic hydroxyl groups is 2. The largest absolute Gasteiger partial charge is 0.478 e. The number of benzene rings is 1. The summed E-state index contributed by atoms with van der Waals surface area (Å²) in [6, 6.07) is 1.77. The highest BCUT2D eigenvalue weighted by molar-refractivity contribution is 5.88. The molecule has 4 N–H and O–H groups in total. The van der Waals surface area contributed by atoms with Crippen molar-refractivity contribution in [2.75, 3.05) is 6.54 Å². The summed E-state index contributed by atoms with van der Waals surface area (Å²) in [7, 11) is 0. The quantitative estimate of drug-likeness (QED) is 0.624. The number of rotatable bonds is 5. The van der Waals surface area contributed by atoms with Crippen LogP contribution in [0.1, 0.15) is 48.4 Å². The third-order valence-electron chi connectivity index (χ3n) is 3.09. The molecule has 2 atom stereocenters. The number of hydrogen-bond donors (Lipinski definition) is 4. The maximum absolute atomic E-state index is 12.9. The van der Waals surface area contributed by atoms with Crippen molar-refractivity contribution in [2.45, 2.75) is 44.8 Å². The van der Waals surface area contributed by atoms with Gasteiger partial charge in [-0.3, -0.25) is 0 Å². The lowest BCUT2D eigenvalue weighted by Crippen LogP contribution is -2.38. The molecule has 1 rings (SSSR count). The highest BCUT2D eigenvalue weighted by atomic mass is 19.4. The van der Waals surface area contributed by atoms with Gasteiger partial charge in [0.05, 0.1) is 11.1 Å². The monoisotopic (exact) mass is 379 g/mol. The summed E-state index contributed by atoms with van der Waals surface area (Å²) in [5, 5.41) is 31.0. The number of carboxylic acid groups (broad SMARTS) is 1. The fourth-order valence-corrected chi connectivity index (χ4v) is 1.95. The second-order valence-electron chi connectivity index (χ2n) is 6.54. The van der Waals surface area contributed by atoms with Crippen molar-refractivity contribution in [2.24, 2.45) is 0 Å². The Hall–Kier alpha value is -2.33. The summed E-state index contributed by atoms with van der Waals surface area (Å²) < 4.78 is 43.5. The first kappa shape index (κ1) is 21.7. The van der Waals surface area contributed by atoms with E-state index in [0.717, 1.165) is 6.07 Å². The summed E-state index contributed by atoms with van der Waals surface area (Å²) in [6.45, 7) is 4.30. The Kier molecular flexibility index (Phi) is 6.61. The van der Waals surface area contributed by atoms with Gasteiger partial charge in [-0.15, -0.1) is 0 Å². The second-order valence-corrected chi connectivity index (χ2v) is 6.54. The van der Waals surface area contributed by atoms with Gasteiger partial charge in [0.25, 0.3) is 0 Å². The number of hydrogen-bond acceptors (Lipinski definition) is 5. The smallest absolute Gasteiger partial charge is 0.416 e. The minimum atomic E-state index is -4.83. The van der Waals surface area contributed by atoms with E-state index < -0.39 is 59.3 Å². The lowest BCUT2D eigenvalue weighted by Gasteiger charge is -2.23. The van der Waals surface area contributed by atoms with Gasteiger partial charge in [-0.25, -0.2) is 9.59 Å². The fraction of sp³-hybridized carbons (Fsp3) is 0.500. The topological polar surface area (TPSA) is 116 Å². The molecule has 0 aromatic heterocycles. The molecule has 146 valence electrons. The number of alkyl halides is 3. The molecule has 1 amide bonds. The van der Waals surface area contributed by atoms with Gasteiger partial charge in [-0.1, -0.05) is 0 Å². The van der Waals surface area contributed by atoms with E-state index in [9.17, 15) is 33.0 Å². The van der Waals surface area contributed by atoms with Crippen LogP contribution in [0.25, 0.3) is 0 Å². The van der Waals surface area contributed by atoms with Crippen LogP contribution in [-0.2, 0) is 10.9 Å². The number of carbonyl (C=O) groups is 2. The molecule has 0 saturated heterocycles. The maximum atomic E-state index is 12.9. The maximum Gasteiger partial charge on any atom is 0.416 e. The van der Waals surface area contributed by atoms with E-state index in [-0.39, 0.29) is 0 Å². The fourth-order valence-electron chi connectivity index (χ4n) is 1.95. The standard InChI is InChI=1S/C16H20F3NO6/c1-15(2,3)26-14(25)20-7-11(21)12(22)8-4-9(13(23)24)6-10(5-8)16(17,18)19/h4-6,11-12,21-22H,7H2,1-3H3,(H,20,25)(H,23,24). The molecule has 7 nitrogen and oxygen atoms in total. The molecule has 0 radical (unpaired) electrons. The number of amides is 1. The van der Waals surface area contributed by atoms with Gasteiger partial charge in [0.15, 0.2) is 0 Å². The van der Waals surface area contributed by atoms with Gasteiger partial charge < -0.3 is 25.4 Å². The van der Waals surface area contributed by atoms with Crippen LogP contribution in [0.5, 0.6) is 0 Å². The summed E-state index contributed by atoms with van der Waals surface area (Å²) in [5.41, 5.74) is -3.22. The van der Waals surface area contributed by atoms with Crippen LogP contribution in [0, 0.1) is 0 Å². The van der Waals surface area contributed by atoms with Crippen LogP contribution in [0.2, 0.25) is 0 Å². The predicted molar refractivity (Wildman–Crippen MR) is 83.6 cm³/mol. The Labute approximate surface area is 147 Å². The molecule has 0 fully saturated rings.